The molecule has 0 unspecified atom stereocenters. The van der Waals surface area contributed by atoms with Crippen LogP contribution in [-0.2, 0) is 6.54 Å². The second kappa shape index (κ2) is 3.45. The van der Waals surface area contributed by atoms with Crippen molar-refractivity contribution in [1.29, 1.82) is 0 Å². The van der Waals surface area contributed by atoms with Gasteiger partial charge in [-0.3, -0.25) is 4.79 Å². The smallest absolute Gasteiger partial charge is 0.181 e. The summed E-state index contributed by atoms with van der Waals surface area (Å²) in [6.07, 6.45) is 5.26. The van der Waals surface area contributed by atoms with Crippen LogP contribution in [0, 0.1) is 6.92 Å². The van der Waals surface area contributed by atoms with E-state index in [9.17, 15) is 4.79 Å². The summed E-state index contributed by atoms with van der Waals surface area (Å²) in [5.74, 6) is 0.742. The zero-order valence-electron chi connectivity index (χ0n) is 7.67. The van der Waals surface area contributed by atoms with Gasteiger partial charge < -0.3 is 8.98 Å². The molecule has 0 aliphatic rings. The number of imidazole rings is 1. The molecule has 14 heavy (non-hydrogen) atoms. The Morgan fingerprint density at radius 1 is 1.64 bits per heavy atom. The highest BCUT2D eigenvalue weighted by Gasteiger charge is 2.06. The van der Waals surface area contributed by atoms with Crippen LogP contribution in [0.3, 0.4) is 0 Å². The van der Waals surface area contributed by atoms with Crippen LogP contribution in [0.2, 0.25) is 0 Å². The molecule has 0 radical (unpaired) electrons. The summed E-state index contributed by atoms with van der Waals surface area (Å²) in [4.78, 5) is 18.4. The number of hydrogen-bond donors (Lipinski definition) is 0. The van der Waals surface area contributed by atoms with Gasteiger partial charge in [-0.2, -0.15) is 0 Å². The predicted molar refractivity (Wildman–Crippen MR) is 48.0 cm³/mol. The standard InChI is InChI=1S/C9H9N3O2/c1-7-9(14-6-11-7)3-12-5-10-2-8(12)4-13/h2,4-6H,3H2,1H3. The van der Waals surface area contributed by atoms with Crippen molar-refractivity contribution < 1.29 is 9.21 Å². The van der Waals surface area contributed by atoms with Crippen LogP contribution in [0.4, 0.5) is 0 Å². The SMILES string of the molecule is Cc1ncoc1Cn1cncc1C=O. The van der Waals surface area contributed by atoms with Crippen LogP contribution < -0.4 is 0 Å². The molecule has 2 heterocycles. The van der Waals surface area contributed by atoms with Gasteiger partial charge in [0, 0.05) is 0 Å². The molecule has 72 valence electrons. The van der Waals surface area contributed by atoms with Crippen molar-refractivity contribution in [3.8, 4) is 0 Å². The molecule has 5 heteroatoms. The van der Waals surface area contributed by atoms with E-state index in [0.29, 0.717) is 12.2 Å². The highest BCUT2D eigenvalue weighted by atomic mass is 16.3. The number of oxazole rings is 1. The van der Waals surface area contributed by atoms with Crippen molar-refractivity contribution in [1.82, 2.24) is 14.5 Å². The minimum absolute atomic E-state index is 0.486. The second-order valence-electron chi connectivity index (χ2n) is 2.93. The summed E-state index contributed by atoms with van der Waals surface area (Å²) in [5.41, 5.74) is 1.36. The first-order chi connectivity index (χ1) is 6.81. The Morgan fingerprint density at radius 3 is 3.14 bits per heavy atom. The molecule has 2 aromatic rings. The lowest BCUT2D eigenvalue weighted by Gasteiger charge is -2.00. The fraction of sp³-hybridized carbons (Fsp3) is 0.222. The van der Waals surface area contributed by atoms with Crippen LogP contribution >= 0.6 is 0 Å². The van der Waals surface area contributed by atoms with Crippen molar-refractivity contribution in [2.75, 3.05) is 0 Å². The van der Waals surface area contributed by atoms with E-state index < -0.39 is 0 Å². The normalized spacial score (nSPS) is 10.4. The zero-order valence-corrected chi connectivity index (χ0v) is 7.67. The van der Waals surface area contributed by atoms with Gasteiger partial charge in [-0.05, 0) is 6.92 Å². The largest absolute Gasteiger partial charge is 0.446 e. The molecule has 0 aromatic carbocycles. The first-order valence-corrected chi connectivity index (χ1v) is 4.15. The topological polar surface area (TPSA) is 60.9 Å². The molecule has 0 amide bonds. The lowest BCUT2D eigenvalue weighted by Crippen LogP contribution is -2.02. The van der Waals surface area contributed by atoms with Crippen LogP contribution in [-0.4, -0.2) is 20.8 Å². The number of aromatic nitrogens is 3. The Balaban J connectivity index is 2.27. The lowest BCUT2D eigenvalue weighted by molar-refractivity contribution is 0.111. The van der Waals surface area contributed by atoms with Crippen LogP contribution in [0.25, 0.3) is 0 Å². The van der Waals surface area contributed by atoms with Gasteiger partial charge in [-0.25, -0.2) is 9.97 Å². The Hall–Kier alpha value is -1.91. The number of carbonyl (C=O) groups excluding carboxylic acids is 1. The third-order valence-electron chi connectivity index (χ3n) is 2.02. The maximum Gasteiger partial charge on any atom is 0.181 e. The molecule has 0 aliphatic heterocycles. The van der Waals surface area contributed by atoms with Crippen molar-refractivity contribution >= 4 is 6.29 Å². The number of rotatable bonds is 3. The number of hydrogen-bond acceptors (Lipinski definition) is 4. The molecule has 2 aromatic heterocycles. The van der Waals surface area contributed by atoms with E-state index in [-0.39, 0.29) is 0 Å². The van der Waals surface area contributed by atoms with E-state index in [1.54, 1.807) is 10.9 Å². The molecule has 0 fully saturated rings. The molecule has 0 atom stereocenters. The fourth-order valence-electron chi connectivity index (χ4n) is 1.19. The molecular weight excluding hydrogens is 182 g/mol. The Morgan fingerprint density at radius 2 is 2.50 bits per heavy atom. The number of aryl methyl sites for hydroxylation is 1. The summed E-state index contributed by atoms with van der Waals surface area (Å²) < 4.78 is 6.87. The highest BCUT2D eigenvalue weighted by molar-refractivity contribution is 5.71. The van der Waals surface area contributed by atoms with Crippen molar-refractivity contribution in [2.45, 2.75) is 13.5 Å². The Bertz CT molecular complexity index is 444. The molecule has 0 bridgehead atoms. The monoisotopic (exact) mass is 191 g/mol. The first-order valence-electron chi connectivity index (χ1n) is 4.15. The predicted octanol–water partition coefficient (Wildman–Crippen LogP) is 1.04. The van der Waals surface area contributed by atoms with Crippen LogP contribution in [0.1, 0.15) is 21.9 Å². The van der Waals surface area contributed by atoms with Gasteiger partial charge >= 0.3 is 0 Å². The van der Waals surface area contributed by atoms with E-state index in [1.165, 1.54) is 12.6 Å². The van der Waals surface area contributed by atoms with E-state index in [2.05, 4.69) is 9.97 Å². The summed E-state index contributed by atoms with van der Waals surface area (Å²) in [6.45, 7) is 2.34. The molecule has 0 saturated heterocycles. The summed E-state index contributed by atoms with van der Waals surface area (Å²) in [5, 5.41) is 0. The van der Waals surface area contributed by atoms with E-state index in [4.69, 9.17) is 4.42 Å². The Kier molecular flexibility index (Phi) is 2.14. The van der Waals surface area contributed by atoms with E-state index in [1.807, 2.05) is 6.92 Å². The zero-order chi connectivity index (χ0) is 9.97. The third-order valence-corrected chi connectivity index (χ3v) is 2.02. The van der Waals surface area contributed by atoms with Crippen LogP contribution in [0.15, 0.2) is 23.3 Å². The number of nitrogens with zero attached hydrogens (tertiary/aromatic N) is 3. The maximum absolute atomic E-state index is 10.6. The van der Waals surface area contributed by atoms with Crippen molar-refractivity contribution in [3.63, 3.8) is 0 Å². The van der Waals surface area contributed by atoms with Gasteiger partial charge in [0.2, 0.25) is 0 Å². The maximum atomic E-state index is 10.6. The minimum atomic E-state index is 0.486. The summed E-state index contributed by atoms with van der Waals surface area (Å²) in [6, 6.07) is 0. The van der Waals surface area contributed by atoms with Crippen molar-refractivity contribution in [3.05, 3.63) is 36.1 Å². The summed E-state index contributed by atoms with van der Waals surface area (Å²) in [7, 11) is 0. The fourth-order valence-corrected chi connectivity index (χ4v) is 1.19. The Labute approximate surface area is 80.4 Å². The average Bonchev–Trinajstić information content (AvgIpc) is 2.77. The molecule has 0 N–H and O–H groups in total. The van der Waals surface area contributed by atoms with Gasteiger partial charge in [0.15, 0.2) is 12.7 Å². The molecule has 2 rings (SSSR count). The summed E-state index contributed by atoms with van der Waals surface area (Å²) >= 11 is 0. The van der Waals surface area contributed by atoms with Crippen LogP contribution in [0.5, 0.6) is 0 Å². The van der Waals surface area contributed by atoms with Gasteiger partial charge in [-0.1, -0.05) is 0 Å². The van der Waals surface area contributed by atoms with Gasteiger partial charge in [0.05, 0.1) is 24.8 Å². The number of aldehydes is 1. The first kappa shape index (κ1) is 8.68. The molecule has 0 aliphatic carbocycles. The molecule has 0 saturated carbocycles. The quantitative estimate of drug-likeness (QED) is 0.680. The third kappa shape index (κ3) is 1.44. The number of carbonyl (C=O) groups is 1. The molecule has 0 spiro atoms. The minimum Gasteiger partial charge on any atom is -0.446 e. The van der Waals surface area contributed by atoms with E-state index >= 15 is 0 Å². The average molecular weight is 191 g/mol. The van der Waals surface area contributed by atoms with E-state index in [0.717, 1.165) is 17.7 Å². The molecule has 5 nitrogen and oxygen atoms in total. The van der Waals surface area contributed by atoms with Crippen molar-refractivity contribution in [2.24, 2.45) is 0 Å². The second-order valence-corrected chi connectivity index (χ2v) is 2.93. The molecular formula is C9H9N3O2. The highest BCUT2D eigenvalue weighted by Crippen LogP contribution is 2.08. The van der Waals surface area contributed by atoms with Gasteiger partial charge in [-0.15, -0.1) is 0 Å². The van der Waals surface area contributed by atoms with Gasteiger partial charge in [0.25, 0.3) is 0 Å². The lowest BCUT2D eigenvalue weighted by atomic mass is 10.3. The van der Waals surface area contributed by atoms with Gasteiger partial charge in [0.1, 0.15) is 11.5 Å².